The van der Waals surface area contributed by atoms with E-state index in [0.29, 0.717) is 23.6 Å². The standard InChI is InChI=1S/C13H14N2O3S/c1-8-15-10(7-19-8)6-18-12-4-3-9(14)5-11(12)13(16)17-2/h3-5,7H,6,14H2,1-2H3. The van der Waals surface area contributed by atoms with Gasteiger partial charge in [0, 0.05) is 11.1 Å². The summed E-state index contributed by atoms with van der Waals surface area (Å²) >= 11 is 1.55. The molecule has 0 aliphatic heterocycles. The Labute approximate surface area is 115 Å². The predicted molar refractivity (Wildman–Crippen MR) is 73.4 cm³/mol. The van der Waals surface area contributed by atoms with Crippen LogP contribution in [0.2, 0.25) is 0 Å². The molecule has 5 nitrogen and oxygen atoms in total. The number of nitrogen functional groups attached to an aromatic ring is 1. The van der Waals surface area contributed by atoms with E-state index in [0.717, 1.165) is 10.7 Å². The van der Waals surface area contributed by atoms with Crippen molar-refractivity contribution in [3.63, 3.8) is 0 Å². The van der Waals surface area contributed by atoms with Crippen molar-refractivity contribution in [1.29, 1.82) is 0 Å². The maximum absolute atomic E-state index is 11.6. The molecule has 2 rings (SSSR count). The summed E-state index contributed by atoms with van der Waals surface area (Å²) in [5.74, 6) is -0.0385. The minimum atomic E-state index is -0.475. The second kappa shape index (κ2) is 5.71. The minimum Gasteiger partial charge on any atom is -0.486 e. The number of carbonyl (C=O) groups excluding carboxylic acids is 1. The molecule has 1 aromatic carbocycles. The molecule has 1 heterocycles. The van der Waals surface area contributed by atoms with Crippen molar-refractivity contribution in [2.45, 2.75) is 13.5 Å². The average Bonchev–Trinajstić information content (AvgIpc) is 2.82. The largest absolute Gasteiger partial charge is 0.486 e. The van der Waals surface area contributed by atoms with Gasteiger partial charge in [0.15, 0.2) is 0 Å². The number of hydrogen-bond donors (Lipinski definition) is 1. The highest BCUT2D eigenvalue weighted by Gasteiger charge is 2.14. The topological polar surface area (TPSA) is 74.4 Å². The highest BCUT2D eigenvalue weighted by molar-refractivity contribution is 7.09. The van der Waals surface area contributed by atoms with Crippen molar-refractivity contribution in [3.8, 4) is 5.75 Å². The van der Waals surface area contributed by atoms with Crippen molar-refractivity contribution in [1.82, 2.24) is 4.98 Å². The molecule has 0 bridgehead atoms. The van der Waals surface area contributed by atoms with Gasteiger partial charge in [-0.2, -0.15) is 0 Å². The SMILES string of the molecule is COC(=O)c1cc(N)ccc1OCc1csc(C)n1. The summed E-state index contributed by atoms with van der Waals surface area (Å²) in [6.45, 7) is 2.23. The quantitative estimate of drug-likeness (QED) is 0.686. The molecular weight excluding hydrogens is 264 g/mol. The summed E-state index contributed by atoms with van der Waals surface area (Å²) in [5.41, 5.74) is 7.28. The van der Waals surface area contributed by atoms with Crippen LogP contribution in [-0.2, 0) is 11.3 Å². The third-order valence-electron chi connectivity index (χ3n) is 2.45. The Hall–Kier alpha value is -2.08. The Morgan fingerprint density at radius 2 is 2.26 bits per heavy atom. The van der Waals surface area contributed by atoms with Gasteiger partial charge in [0.05, 0.1) is 17.8 Å². The number of carbonyl (C=O) groups is 1. The van der Waals surface area contributed by atoms with Crippen LogP contribution in [0, 0.1) is 6.92 Å². The van der Waals surface area contributed by atoms with Crippen molar-refractivity contribution in [3.05, 3.63) is 39.8 Å². The first kappa shape index (κ1) is 13.4. The van der Waals surface area contributed by atoms with Gasteiger partial charge >= 0.3 is 5.97 Å². The lowest BCUT2D eigenvalue weighted by molar-refractivity contribution is 0.0595. The van der Waals surface area contributed by atoms with Crippen molar-refractivity contribution < 1.29 is 14.3 Å². The lowest BCUT2D eigenvalue weighted by Gasteiger charge is -2.09. The first-order valence-electron chi connectivity index (χ1n) is 5.62. The number of hydrogen-bond acceptors (Lipinski definition) is 6. The Balaban J connectivity index is 2.17. The monoisotopic (exact) mass is 278 g/mol. The molecule has 2 aromatic rings. The van der Waals surface area contributed by atoms with E-state index >= 15 is 0 Å². The normalized spacial score (nSPS) is 10.2. The highest BCUT2D eigenvalue weighted by Crippen LogP contribution is 2.23. The number of thiazole rings is 1. The first-order chi connectivity index (χ1) is 9.10. The van der Waals surface area contributed by atoms with Gasteiger partial charge in [0.1, 0.15) is 17.9 Å². The number of nitrogens with zero attached hydrogens (tertiary/aromatic N) is 1. The molecule has 0 radical (unpaired) electrons. The number of anilines is 1. The van der Waals surface area contributed by atoms with Crippen LogP contribution in [0.15, 0.2) is 23.6 Å². The van der Waals surface area contributed by atoms with E-state index in [-0.39, 0.29) is 0 Å². The van der Waals surface area contributed by atoms with E-state index < -0.39 is 5.97 Å². The first-order valence-corrected chi connectivity index (χ1v) is 6.49. The Morgan fingerprint density at radius 3 is 2.89 bits per heavy atom. The van der Waals surface area contributed by atoms with E-state index in [1.807, 2.05) is 12.3 Å². The van der Waals surface area contributed by atoms with Crippen molar-refractivity contribution in [2.24, 2.45) is 0 Å². The molecule has 1 aromatic heterocycles. The van der Waals surface area contributed by atoms with Crippen LogP contribution in [0.5, 0.6) is 5.75 Å². The van der Waals surface area contributed by atoms with Gasteiger partial charge in [0.25, 0.3) is 0 Å². The molecule has 0 atom stereocenters. The summed E-state index contributed by atoms with van der Waals surface area (Å²) in [6.07, 6.45) is 0. The third-order valence-corrected chi connectivity index (χ3v) is 3.27. The maximum Gasteiger partial charge on any atom is 0.341 e. The number of benzene rings is 1. The fourth-order valence-corrected chi connectivity index (χ4v) is 2.17. The number of esters is 1. The average molecular weight is 278 g/mol. The van der Waals surface area contributed by atoms with E-state index in [4.69, 9.17) is 15.2 Å². The molecule has 19 heavy (non-hydrogen) atoms. The predicted octanol–water partition coefficient (Wildman–Crippen LogP) is 2.40. The van der Waals surface area contributed by atoms with Gasteiger partial charge in [-0.1, -0.05) is 0 Å². The van der Waals surface area contributed by atoms with Crippen LogP contribution in [0.4, 0.5) is 5.69 Å². The summed E-state index contributed by atoms with van der Waals surface area (Å²) < 4.78 is 10.3. The molecule has 0 saturated heterocycles. The number of ether oxygens (including phenoxy) is 2. The van der Waals surface area contributed by atoms with Gasteiger partial charge in [0.2, 0.25) is 0 Å². The van der Waals surface area contributed by atoms with E-state index in [1.165, 1.54) is 13.2 Å². The molecule has 6 heteroatoms. The zero-order valence-corrected chi connectivity index (χ0v) is 11.5. The van der Waals surface area contributed by atoms with E-state index in [9.17, 15) is 4.79 Å². The molecule has 0 unspecified atom stereocenters. The van der Waals surface area contributed by atoms with Crippen molar-refractivity contribution >= 4 is 23.0 Å². The van der Waals surface area contributed by atoms with Crippen LogP contribution < -0.4 is 10.5 Å². The van der Waals surface area contributed by atoms with Crippen molar-refractivity contribution in [2.75, 3.05) is 12.8 Å². The minimum absolute atomic E-state index is 0.304. The Bertz CT molecular complexity index is 595. The summed E-state index contributed by atoms with van der Waals surface area (Å²) in [4.78, 5) is 15.9. The maximum atomic E-state index is 11.6. The lowest BCUT2D eigenvalue weighted by Crippen LogP contribution is -2.07. The van der Waals surface area contributed by atoms with Gasteiger partial charge in [-0.3, -0.25) is 0 Å². The number of nitrogens with two attached hydrogens (primary N) is 1. The van der Waals surface area contributed by atoms with Crippen LogP contribution >= 0.6 is 11.3 Å². The zero-order chi connectivity index (χ0) is 13.8. The number of aromatic nitrogens is 1. The molecule has 0 amide bonds. The second-order valence-corrected chi connectivity index (χ2v) is 4.96. The molecule has 0 aliphatic carbocycles. The summed E-state index contributed by atoms with van der Waals surface area (Å²) in [5, 5.41) is 2.90. The fourth-order valence-electron chi connectivity index (χ4n) is 1.57. The Morgan fingerprint density at radius 1 is 1.47 bits per heavy atom. The highest BCUT2D eigenvalue weighted by atomic mass is 32.1. The van der Waals surface area contributed by atoms with Gasteiger partial charge in [-0.25, -0.2) is 9.78 Å². The molecule has 0 spiro atoms. The molecule has 0 aliphatic rings. The summed E-state index contributed by atoms with van der Waals surface area (Å²) in [6, 6.07) is 4.86. The third kappa shape index (κ3) is 3.23. The Kier molecular flexibility index (Phi) is 4.01. The van der Waals surface area contributed by atoms with Gasteiger partial charge in [-0.05, 0) is 25.1 Å². The van der Waals surface area contributed by atoms with Gasteiger partial charge < -0.3 is 15.2 Å². The molecule has 100 valence electrons. The van der Waals surface area contributed by atoms with E-state index in [2.05, 4.69) is 4.98 Å². The molecule has 0 saturated carbocycles. The number of methoxy groups -OCH3 is 1. The van der Waals surface area contributed by atoms with Crippen LogP contribution in [0.3, 0.4) is 0 Å². The van der Waals surface area contributed by atoms with Gasteiger partial charge in [-0.15, -0.1) is 11.3 Å². The fraction of sp³-hybridized carbons (Fsp3) is 0.231. The van der Waals surface area contributed by atoms with E-state index in [1.54, 1.807) is 23.5 Å². The molecule has 0 fully saturated rings. The smallest absolute Gasteiger partial charge is 0.341 e. The number of rotatable bonds is 4. The molecule has 2 N–H and O–H groups in total. The zero-order valence-electron chi connectivity index (χ0n) is 10.7. The van der Waals surface area contributed by atoms with Crippen LogP contribution in [-0.4, -0.2) is 18.1 Å². The van der Waals surface area contributed by atoms with Crippen LogP contribution in [0.25, 0.3) is 0 Å². The summed E-state index contributed by atoms with van der Waals surface area (Å²) in [7, 11) is 1.32. The molecular formula is C13H14N2O3S. The second-order valence-electron chi connectivity index (χ2n) is 3.89. The number of aryl methyl sites for hydroxylation is 1. The lowest BCUT2D eigenvalue weighted by atomic mass is 10.2. The van der Waals surface area contributed by atoms with Crippen LogP contribution in [0.1, 0.15) is 21.1 Å².